The molecule has 1 unspecified atom stereocenters. The molecule has 0 bridgehead atoms. The van der Waals surface area contributed by atoms with E-state index in [1.165, 1.54) is 0 Å². The van der Waals surface area contributed by atoms with Crippen LogP contribution in [0.4, 0.5) is 24.8 Å². The number of nitrogens with one attached hydrogen (secondary N) is 2. The van der Waals surface area contributed by atoms with Crippen LogP contribution in [0.3, 0.4) is 0 Å². The number of hydrogen-bond acceptors (Lipinski definition) is 3. The SMILES string of the molecule is CCC(C)CNc1cc(C(F)(F)F)cc(NC)n1. The molecular formula is C12H18F3N3. The smallest absolute Gasteiger partial charge is 0.373 e. The Balaban J connectivity index is 2.91. The van der Waals surface area contributed by atoms with E-state index in [1.807, 2.05) is 13.8 Å². The summed E-state index contributed by atoms with van der Waals surface area (Å²) in [5.41, 5.74) is -0.700. The highest BCUT2D eigenvalue weighted by Gasteiger charge is 2.31. The van der Waals surface area contributed by atoms with Gasteiger partial charge in [-0.25, -0.2) is 4.98 Å². The number of anilines is 2. The van der Waals surface area contributed by atoms with E-state index in [9.17, 15) is 13.2 Å². The Kier molecular flexibility index (Phi) is 4.81. The number of alkyl halides is 3. The first kappa shape index (κ1) is 14.6. The average Bonchev–Trinajstić information content (AvgIpc) is 2.34. The van der Waals surface area contributed by atoms with Gasteiger partial charge in [-0.3, -0.25) is 0 Å². The first-order chi connectivity index (χ1) is 8.36. The third-order valence-corrected chi connectivity index (χ3v) is 2.74. The molecule has 102 valence electrons. The molecule has 18 heavy (non-hydrogen) atoms. The van der Waals surface area contributed by atoms with E-state index >= 15 is 0 Å². The molecule has 0 radical (unpaired) electrons. The van der Waals surface area contributed by atoms with Gasteiger partial charge in [0, 0.05) is 13.6 Å². The van der Waals surface area contributed by atoms with Crippen molar-refractivity contribution in [3.05, 3.63) is 17.7 Å². The zero-order chi connectivity index (χ0) is 13.8. The summed E-state index contributed by atoms with van der Waals surface area (Å²) >= 11 is 0. The molecule has 1 aromatic rings. The molecule has 0 aliphatic rings. The van der Waals surface area contributed by atoms with E-state index in [0.29, 0.717) is 12.5 Å². The fourth-order valence-corrected chi connectivity index (χ4v) is 1.34. The van der Waals surface area contributed by atoms with Crippen molar-refractivity contribution in [1.82, 2.24) is 4.98 Å². The third-order valence-electron chi connectivity index (χ3n) is 2.74. The molecule has 1 heterocycles. The minimum Gasteiger partial charge on any atom is -0.373 e. The Morgan fingerprint density at radius 2 is 1.89 bits per heavy atom. The zero-order valence-electron chi connectivity index (χ0n) is 10.7. The lowest BCUT2D eigenvalue weighted by molar-refractivity contribution is -0.137. The fraction of sp³-hybridized carbons (Fsp3) is 0.583. The average molecular weight is 261 g/mol. The second kappa shape index (κ2) is 5.93. The van der Waals surface area contributed by atoms with Crippen LogP contribution in [0.25, 0.3) is 0 Å². The van der Waals surface area contributed by atoms with E-state index < -0.39 is 11.7 Å². The number of rotatable bonds is 5. The summed E-state index contributed by atoms with van der Waals surface area (Å²) in [7, 11) is 1.54. The number of nitrogens with zero attached hydrogens (tertiary/aromatic N) is 1. The highest BCUT2D eigenvalue weighted by molar-refractivity contribution is 5.49. The van der Waals surface area contributed by atoms with Crippen molar-refractivity contribution in [2.24, 2.45) is 5.92 Å². The molecule has 3 nitrogen and oxygen atoms in total. The lowest BCUT2D eigenvalue weighted by Crippen LogP contribution is -2.14. The van der Waals surface area contributed by atoms with E-state index in [2.05, 4.69) is 15.6 Å². The Hall–Kier alpha value is -1.46. The molecular weight excluding hydrogens is 243 g/mol. The van der Waals surface area contributed by atoms with Crippen LogP contribution in [-0.4, -0.2) is 18.6 Å². The van der Waals surface area contributed by atoms with Gasteiger partial charge < -0.3 is 10.6 Å². The Morgan fingerprint density at radius 1 is 1.28 bits per heavy atom. The van der Waals surface area contributed by atoms with Gasteiger partial charge in [-0.1, -0.05) is 20.3 Å². The summed E-state index contributed by atoms with van der Waals surface area (Å²) in [6, 6.07) is 2.03. The predicted molar refractivity (Wildman–Crippen MR) is 66.7 cm³/mol. The Morgan fingerprint density at radius 3 is 2.39 bits per heavy atom. The fourth-order valence-electron chi connectivity index (χ4n) is 1.34. The summed E-state index contributed by atoms with van der Waals surface area (Å²) in [5, 5.41) is 5.56. The standard InChI is InChI=1S/C12H18F3N3/c1-4-8(2)7-17-11-6-9(12(13,14)15)5-10(16-3)18-11/h5-6,8H,4,7H2,1-3H3,(H2,16,17,18). The van der Waals surface area contributed by atoms with E-state index in [0.717, 1.165) is 18.6 Å². The number of hydrogen-bond donors (Lipinski definition) is 2. The first-order valence-corrected chi connectivity index (χ1v) is 5.87. The van der Waals surface area contributed by atoms with Crippen molar-refractivity contribution >= 4 is 11.6 Å². The molecule has 0 saturated carbocycles. The molecule has 0 saturated heterocycles. The first-order valence-electron chi connectivity index (χ1n) is 5.87. The summed E-state index contributed by atoms with van der Waals surface area (Å²) < 4.78 is 38.0. The van der Waals surface area contributed by atoms with Gasteiger partial charge in [0.15, 0.2) is 0 Å². The van der Waals surface area contributed by atoms with Gasteiger partial charge in [-0.2, -0.15) is 13.2 Å². The maximum atomic E-state index is 12.7. The van der Waals surface area contributed by atoms with Gasteiger partial charge in [0.2, 0.25) is 0 Å². The van der Waals surface area contributed by atoms with E-state index in [-0.39, 0.29) is 11.6 Å². The minimum absolute atomic E-state index is 0.205. The topological polar surface area (TPSA) is 37.0 Å². The maximum Gasteiger partial charge on any atom is 0.416 e. The van der Waals surface area contributed by atoms with Crippen molar-refractivity contribution < 1.29 is 13.2 Å². The molecule has 1 aromatic heterocycles. The predicted octanol–water partition coefficient (Wildman–Crippen LogP) is 3.60. The maximum absolute atomic E-state index is 12.7. The van der Waals surface area contributed by atoms with Crippen LogP contribution in [0.2, 0.25) is 0 Å². The van der Waals surface area contributed by atoms with Gasteiger partial charge >= 0.3 is 6.18 Å². The van der Waals surface area contributed by atoms with Gasteiger partial charge in [0.25, 0.3) is 0 Å². The van der Waals surface area contributed by atoms with Crippen molar-refractivity contribution in [3.63, 3.8) is 0 Å². The van der Waals surface area contributed by atoms with Crippen molar-refractivity contribution in [2.45, 2.75) is 26.4 Å². The van der Waals surface area contributed by atoms with Crippen LogP contribution in [0, 0.1) is 5.92 Å². The van der Waals surface area contributed by atoms with Gasteiger partial charge in [-0.15, -0.1) is 0 Å². The van der Waals surface area contributed by atoms with Crippen LogP contribution < -0.4 is 10.6 Å². The molecule has 0 amide bonds. The monoisotopic (exact) mass is 261 g/mol. The molecule has 1 atom stereocenters. The lowest BCUT2D eigenvalue weighted by atomic mass is 10.1. The van der Waals surface area contributed by atoms with Crippen LogP contribution in [0.1, 0.15) is 25.8 Å². The summed E-state index contributed by atoms with van der Waals surface area (Å²) in [5.74, 6) is 0.838. The van der Waals surface area contributed by atoms with Crippen molar-refractivity contribution in [3.8, 4) is 0 Å². The second-order valence-corrected chi connectivity index (χ2v) is 4.27. The van der Waals surface area contributed by atoms with Crippen LogP contribution in [0.5, 0.6) is 0 Å². The highest BCUT2D eigenvalue weighted by Crippen LogP contribution is 2.31. The Labute approximate surface area is 105 Å². The second-order valence-electron chi connectivity index (χ2n) is 4.27. The summed E-state index contributed by atoms with van der Waals surface area (Å²) in [6.07, 6.45) is -3.40. The highest BCUT2D eigenvalue weighted by atomic mass is 19.4. The molecule has 6 heteroatoms. The molecule has 2 N–H and O–H groups in total. The van der Waals surface area contributed by atoms with Crippen LogP contribution in [-0.2, 0) is 6.18 Å². The quantitative estimate of drug-likeness (QED) is 0.850. The van der Waals surface area contributed by atoms with Crippen molar-refractivity contribution in [1.29, 1.82) is 0 Å². The zero-order valence-corrected chi connectivity index (χ0v) is 10.7. The Bertz CT molecular complexity index is 391. The van der Waals surface area contributed by atoms with Crippen LogP contribution in [0.15, 0.2) is 12.1 Å². The van der Waals surface area contributed by atoms with E-state index in [4.69, 9.17) is 0 Å². The minimum atomic E-state index is -4.36. The summed E-state index contributed by atoms with van der Waals surface area (Å²) in [6.45, 7) is 4.67. The van der Waals surface area contributed by atoms with Gasteiger partial charge in [0.05, 0.1) is 5.56 Å². The number of halogens is 3. The third kappa shape index (κ3) is 4.09. The molecule has 0 fully saturated rings. The van der Waals surface area contributed by atoms with E-state index in [1.54, 1.807) is 7.05 Å². The molecule has 0 spiro atoms. The molecule has 0 aliphatic heterocycles. The summed E-state index contributed by atoms with van der Waals surface area (Å²) in [4.78, 5) is 4.05. The lowest BCUT2D eigenvalue weighted by Gasteiger charge is -2.14. The normalized spacial score (nSPS) is 13.2. The van der Waals surface area contributed by atoms with Crippen LogP contribution >= 0.6 is 0 Å². The molecule has 0 aromatic carbocycles. The van der Waals surface area contributed by atoms with Gasteiger partial charge in [0.1, 0.15) is 11.6 Å². The molecule has 0 aliphatic carbocycles. The molecule has 1 rings (SSSR count). The largest absolute Gasteiger partial charge is 0.416 e. The number of pyridine rings is 1. The van der Waals surface area contributed by atoms with Gasteiger partial charge in [-0.05, 0) is 18.1 Å². The van der Waals surface area contributed by atoms with Crippen molar-refractivity contribution in [2.75, 3.05) is 24.2 Å². The number of aromatic nitrogens is 1.